The van der Waals surface area contributed by atoms with Gasteiger partial charge in [-0.1, -0.05) is 6.07 Å². The molecule has 0 saturated carbocycles. The first-order valence-corrected chi connectivity index (χ1v) is 12.2. The van der Waals surface area contributed by atoms with Crippen LogP contribution in [0.25, 0.3) is 28.6 Å². The van der Waals surface area contributed by atoms with Gasteiger partial charge in [-0.05, 0) is 86.0 Å². The van der Waals surface area contributed by atoms with Crippen molar-refractivity contribution in [2.45, 2.75) is 19.8 Å². The number of likely N-dealkylation sites (tertiary alicyclic amines) is 1. The summed E-state index contributed by atoms with van der Waals surface area (Å²) < 4.78 is 11.9. The highest BCUT2D eigenvalue weighted by molar-refractivity contribution is 5.86. The van der Waals surface area contributed by atoms with Crippen molar-refractivity contribution in [2.24, 2.45) is 0 Å². The van der Waals surface area contributed by atoms with Crippen molar-refractivity contribution < 1.29 is 19.4 Å². The number of hydrogen-bond acceptors (Lipinski definition) is 8. The highest BCUT2D eigenvalue weighted by Crippen LogP contribution is 2.35. The SMILES string of the molecule is CCOc1cc(-c2cc(/C=C/C(=O)O)cc(OCCN3CCCC3)c2)ccc1-c1nc(N)c(N)c(=O)[nH]1. The molecular formula is C27H31N5O5. The van der Waals surface area contributed by atoms with Crippen molar-refractivity contribution in [3.05, 3.63) is 58.4 Å². The summed E-state index contributed by atoms with van der Waals surface area (Å²) in [6.45, 7) is 5.78. The number of aromatic nitrogens is 2. The zero-order valence-electron chi connectivity index (χ0n) is 20.7. The minimum atomic E-state index is -1.03. The summed E-state index contributed by atoms with van der Waals surface area (Å²) >= 11 is 0. The fourth-order valence-electron chi connectivity index (χ4n) is 4.23. The molecule has 1 aliphatic heterocycles. The number of nitrogens with two attached hydrogens (primary N) is 2. The molecule has 0 amide bonds. The fraction of sp³-hybridized carbons (Fsp3) is 0.296. The molecule has 2 heterocycles. The molecule has 37 heavy (non-hydrogen) atoms. The van der Waals surface area contributed by atoms with Gasteiger partial charge in [-0.15, -0.1) is 0 Å². The van der Waals surface area contributed by atoms with E-state index in [1.54, 1.807) is 6.07 Å². The third kappa shape index (κ3) is 6.47. The smallest absolute Gasteiger partial charge is 0.328 e. The Morgan fingerprint density at radius 1 is 1.14 bits per heavy atom. The molecule has 4 rings (SSSR count). The molecule has 0 radical (unpaired) electrons. The van der Waals surface area contributed by atoms with E-state index in [1.165, 1.54) is 18.9 Å². The molecule has 6 N–H and O–H groups in total. The Bertz CT molecular complexity index is 1360. The van der Waals surface area contributed by atoms with E-state index in [0.717, 1.165) is 36.8 Å². The summed E-state index contributed by atoms with van der Waals surface area (Å²) in [4.78, 5) is 32.5. The van der Waals surface area contributed by atoms with Crippen molar-refractivity contribution in [1.82, 2.24) is 14.9 Å². The van der Waals surface area contributed by atoms with E-state index in [9.17, 15) is 9.59 Å². The first-order valence-electron chi connectivity index (χ1n) is 12.2. The van der Waals surface area contributed by atoms with E-state index in [1.807, 2.05) is 37.3 Å². The van der Waals surface area contributed by atoms with E-state index in [-0.39, 0.29) is 17.3 Å². The molecule has 10 nitrogen and oxygen atoms in total. The lowest BCUT2D eigenvalue weighted by atomic mass is 10.00. The van der Waals surface area contributed by atoms with Gasteiger partial charge < -0.3 is 31.0 Å². The van der Waals surface area contributed by atoms with Gasteiger partial charge in [0.25, 0.3) is 5.56 Å². The average Bonchev–Trinajstić information content (AvgIpc) is 3.39. The maximum atomic E-state index is 12.1. The van der Waals surface area contributed by atoms with Crippen LogP contribution >= 0.6 is 0 Å². The van der Waals surface area contributed by atoms with Crippen LogP contribution in [0.4, 0.5) is 11.5 Å². The highest BCUT2D eigenvalue weighted by Gasteiger charge is 2.15. The monoisotopic (exact) mass is 505 g/mol. The number of nitrogens with zero attached hydrogens (tertiary/aromatic N) is 2. The van der Waals surface area contributed by atoms with E-state index < -0.39 is 11.5 Å². The molecule has 2 aromatic carbocycles. The lowest BCUT2D eigenvalue weighted by Crippen LogP contribution is -2.25. The maximum absolute atomic E-state index is 12.1. The van der Waals surface area contributed by atoms with E-state index in [4.69, 9.17) is 26.0 Å². The molecule has 1 fully saturated rings. The molecule has 3 aromatic rings. The summed E-state index contributed by atoms with van der Waals surface area (Å²) in [5.74, 6) is 0.292. The number of H-pyrrole nitrogens is 1. The van der Waals surface area contributed by atoms with Gasteiger partial charge in [0.2, 0.25) is 0 Å². The van der Waals surface area contributed by atoms with E-state index >= 15 is 0 Å². The third-order valence-corrected chi connectivity index (χ3v) is 6.08. The van der Waals surface area contributed by atoms with Crippen molar-refractivity contribution >= 4 is 23.6 Å². The van der Waals surface area contributed by atoms with Gasteiger partial charge in [0, 0.05) is 12.6 Å². The predicted molar refractivity (Wildman–Crippen MR) is 144 cm³/mol. The summed E-state index contributed by atoms with van der Waals surface area (Å²) in [5.41, 5.74) is 13.7. The second kappa shape index (κ2) is 11.6. The second-order valence-corrected chi connectivity index (χ2v) is 8.72. The second-order valence-electron chi connectivity index (χ2n) is 8.72. The number of carboxylic acids is 1. The molecule has 0 unspecified atom stereocenters. The number of carboxylic acid groups (broad SMARTS) is 1. The average molecular weight is 506 g/mol. The number of carbonyl (C=O) groups is 1. The topological polar surface area (TPSA) is 157 Å². The van der Waals surface area contributed by atoms with Crippen LogP contribution < -0.4 is 26.5 Å². The first kappa shape index (κ1) is 25.8. The Morgan fingerprint density at radius 2 is 1.92 bits per heavy atom. The number of ether oxygens (including phenoxy) is 2. The number of hydrogen-bond donors (Lipinski definition) is 4. The molecule has 1 aromatic heterocycles. The Kier molecular flexibility index (Phi) is 8.09. The lowest BCUT2D eigenvalue weighted by molar-refractivity contribution is -0.131. The Morgan fingerprint density at radius 3 is 2.62 bits per heavy atom. The Labute approximate surface area is 214 Å². The fourth-order valence-corrected chi connectivity index (χ4v) is 4.23. The zero-order chi connectivity index (χ0) is 26.4. The predicted octanol–water partition coefficient (Wildman–Crippen LogP) is 3.24. The molecule has 0 atom stereocenters. The summed E-state index contributed by atoms with van der Waals surface area (Å²) in [6.07, 6.45) is 5.05. The van der Waals surface area contributed by atoms with Gasteiger partial charge in [-0.25, -0.2) is 9.78 Å². The van der Waals surface area contributed by atoms with E-state index in [2.05, 4.69) is 14.9 Å². The molecule has 1 saturated heterocycles. The minimum Gasteiger partial charge on any atom is -0.493 e. The normalized spacial score (nSPS) is 13.8. The van der Waals surface area contributed by atoms with Gasteiger partial charge in [0.15, 0.2) is 5.82 Å². The van der Waals surface area contributed by atoms with Crippen molar-refractivity contribution in [1.29, 1.82) is 0 Å². The zero-order valence-corrected chi connectivity index (χ0v) is 20.7. The number of anilines is 2. The molecule has 0 spiro atoms. The number of aliphatic carboxylic acids is 1. The number of aromatic amines is 1. The molecule has 194 valence electrons. The third-order valence-electron chi connectivity index (χ3n) is 6.08. The summed E-state index contributed by atoms with van der Waals surface area (Å²) in [7, 11) is 0. The van der Waals surface area contributed by atoms with Crippen LogP contribution in [0.3, 0.4) is 0 Å². The molecular weight excluding hydrogens is 474 g/mol. The van der Waals surface area contributed by atoms with Crippen LogP contribution in [-0.4, -0.2) is 58.8 Å². The Hall–Kier alpha value is -4.31. The number of rotatable bonds is 10. The number of nitrogen functional groups attached to an aromatic ring is 2. The minimum absolute atomic E-state index is 0.0566. The van der Waals surface area contributed by atoms with E-state index in [0.29, 0.717) is 35.8 Å². The van der Waals surface area contributed by atoms with Crippen LogP contribution in [-0.2, 0) is 4.79 Å². The van der Waals surface area contributed by atoms with Crippen LogP contribution in [0, 0.1) is 0 Å². The van der Waals surface area contributed by atoms with Crippen LogP contribution in [0.5, 0.6) is 11.5 Å². The number of nitrogens with one attached hydrogen (secondary N) is 1. The molecule has 0 aliphatic carbocycles. The number of benzene rings is 2. The molecule has 10 heteroatoms. The first-order chi connectivity index (χ1) is 17.8. The largest absolute Gasteiger partial charge is 0.493 e. The van der Waals surface area contributed by atoms with Gasteiger partial charge in [0.1, 0.15) is 29.6 Å². The standard InChI is InChI=1S/C27H31N5O5/c1-2-36-22-16-18(6-7-21(22)26-30-25(29)24(28)27(35)31-26)19-13-17(5-8-23(33)34)14-20(15-19)37-12-11-32-9-3-4-10-32/h5-8,13-16H,2-4,9-12,28H2,1H3,(H,33,34)(H3,29,30,31,35)/b8-5+. The highest BCUT2D eigenvalue weighted by atomic mass is 16.5. The maximum Gasteiger partial charge on any atom is 0.328 e. The van der Waals surface area contributed by atoms with Gasteiger partial charge in [-0.2, -0.15) is 0 Å². The summed E-state index contributed by atoms with van der Waals surface area (Å²) in [5, 5.41) is 9.10. The van der Waals surface area contributed by atoms with Crippen molar-refractivity contribution in [2.75, 3.05) is 44.3 Å². The van der Waals surface area contributed by atoms with Gasteiger partial charge in [0.05, 0.1) is 12.2 Å². The molecule has 1 aliphatic rings. The van der Waals surface area contributed by atoms with Crippen molar-refractivity contribution in [3.8, 4) is 34.0 Å². The Balaban J connectivity index is 1.69. The van der Waals surface area contributed by atoms with Crippen LogP contribution in [0.2, 0.25) is 0 Å². The van der Waals surface area contributed by atoms with Gasteiger partial charge >= 0.3 is 5.97 Å². The van der Waals surface area contributed by atoms with Crippen LogP contribution in [0.15, 0.2) is 47.3 Å². The van der Waals surface area contributed by atoms with Crippen molar-refractivity contribution in [3.63, 3.8) is 0 Å². The van der Waals surface area contributed by atoms with Gasteiger partial charge in [-0.3, -0.25) is 9.69 Å². The lowest BCUT2D eigenvalue weighted by Gasteiger charge is -2.16. The molecule has 0 bridgehead atoms. The summed E-state index contributed by atoms with van der Waals surface area (Å²) in [6, 6.07) is 11.1. The van der Waals surface area contributed by atoms with Crippen LogP contribution in [0.1, 0.15) is 25.3 Å². The quantitative estimate of drug-likeness (QED) is 0.304.